The van der Waals surface area contributed by atoms with Crippen molar-refractivity contribution in [2.24, 2.45) is 17.3 Å². The highest BCUT2D eigenvalue weighted by Crippen LogP contribution is 2.62. The van der Waals surface area contributed by atoms with Gasteiger partial charge in [0.15, 0.2) is 0 Å². The third-order valence-corrected chi connectivity index (χ3v) is 8.02. The van der Waals surface area contributed by atoms with Gasteiger partial charge in [0.05, 0.1) is 13.2 Å². The highest BCUT2D eigenvalue weighted by Gasteiger charge is 2.56. The van der Waals surface area contributed by atoms with Crippen LogP contribution in [0.1, 0.15) is 55.2 Å². The van der Waals surface area contributed by atoms with Gasteiger partial charge in [-0.2, -0.15) is 0 Å². The molecule has 3 aliphatic rings. The fourth-order valence-corrected chi connectivity index (χ4v) is 6.46. The van der Waals surface area contributed by atoms with Gasteiger partial charge in [0, 0.05) is 5.41 Å². The van der Waals surface area contributed by atoms with Gasteiger partial charge >= 0.3 is 0 Å². The molecule has 3 heteroatoms. The summed E-state index contributed by atoms with van der Waals surface area (Å²) in [5, 5.41) is 11.3. The molecule has 1 N–H and O–H groups in total. The lowest BCUT2D eigenvalue weighted by Gasteiger charge is -2.49. The van der Waals surface area contributed by atoms with Gasteiger partial charge in [-0.1, -0.05) is 31.2 Å². The van der Waals surface area contributed by atoms with E-state index in [0.29, 0.717) is 17.8 Å². The number of aryl methyl sites for hydroxylation is 1. The van der Waals surface area contributed by atoms with Crippen LogP contribution < -0.4 is 4.74 Å². The zero-order valence-corrected chi connectivity index (χ0v) is 17.2. The van der Waals surface area contributed by atoms with Gasteiger partial charge in [-0.05, 0) is 96.4 Å². The molecule has 0 aliphatic heterocycles. The van der Waals surface area contributed by atoms with Crippen LogP contribution in [0, 0.1) is 23.1 Å². The average molecular weight is 393 g/mol. The number of hydrogen-bond acceptors (Lipinski definition) is 2. The van der Waals surface area contributed by atoms with Gasteiger partial charge < -0.3 is 9.84 Å². The molecule has 152 valence electrons. The van der Waals surface area contributed by atoms with Crippen LogP contribution in [0.5, 0.6) is 5.75 Å². The number of fused-ring (bicyclic) bond motifs is 5. The van der Waals surface area contributed by atoms with E-state index in [1.54, 1.807) is 19.2 Å². The summed E-state index contributed by atoms with van der Waals surface area (Å²) in [5.41, 5.74) is 4.96. The van der Waals surface area contributed by atoms with Crippen molar-refractivity contribution >= 4 is 6.08 Å². The first-order chi connectivity index (χ1) is 14.0. The minimum Gasteiger partial charge on any atom is -0.497 e. The molecule has 0 spiro atoms. The molecule has 2 aromatic carbocycles. The largest absolute Gasteiger partial charge is 0.497 e. The molecule has 0 saturated heterocycles. The van der Waals surface area contributed by atoms with Gasteiger partial charge in [-0.25, -0.2) is 4.39 Å². The number of ether oxygens (including phenoxy) is 1. The minimum atomic E-state index is -0.407. The average Bonchev–Trinajstić information content (AvgIpc) is 2.99. The molecule has 29 heavy (non-hydrogen) atoms. The van der Waals surface area contributed by atoms with E-state index >= 15 is 0 Å². The zero-order chi connectivity index (χ0) is 20.2. The standard InChI is InChI=1S/C26H29FO2/c1-26-12-11-22-21-10-8-20(29-2)14-17(21)5-9-23(22)24(26)15-18(25(26)28)13-16-3-6-19(27)7-4-16/h3-4,6-8,10,13-14,22-25,28H,5,9,11-12,15H2,1-2H3/b18-13+. The van der Waals surface area contributed by atoms with E-state index in [2.05, 4.69) is 31.2 Å². The molecule has 0 amide bonds. The second-order valence-corrected chi connectivity index (χ2v) is 9.40. The third kappa shape index (κ3) is 3.02. The van der Waals surface area contributed by atoms with Gasteiger partial charge in [0.25, 0.3) is 0 Å². The van der Waals surface area contributed by atoms with E-state index in [1.165, 1.54) is 29.7 Å². The Morgan fingerprint density at radius 3 is 2.69 bits per heavy atom. The summed E-state index contributed by atoms with van der Waals surface area (Å²) in [6.07, 6.45) is 7.08. The summed E-state index contributed by atoms with van der Waals surface area (Å²) in [4.78, 5) is 0. The molecule has 2 nitrogen and oxygen atoms in total. The Labute approximate surface area is 172 Å². The van der Waals surface area contributed by atoms with E-state index < -0.39 is 6.10 Å². The molecule has 5 unspecified atom stereocenters. The lowest BCUT2D eigenvalue weighted by molar-refractivity contribution is -0.0158. The summed E-state index contributed by atoms with van der Waals surface area (Å²) >= 11 is 0. The Hall–Kier alpha value is -2.13. The number of aliphatic hydroxyl groups is 1. The van der Waals surface area contributed by atoms with Gasteiger partial charge in [0.2, 0.25) is 0 Å². The number of benzene rings is 2. The molecule has 0 bridgehead atoms. The third-order valence-electron chi connectivity index (χ3n) is 8.02. The van der Waals surface area contributed by atoms with Crippen LogP contribution in [0.4, 0.5) is 4.39 Å². The normalized spacial score (nSPS) is 34.4. The Kier molecular flexibility index (Phi) is 4.54. The first-order valence-corrected chi connectivity index (χ1v) is 10.8. The monoisotopic (exact) mass is 392 g/mol. The van der Waals surface area contributed by atoms with E-state index in [9.17, 15) is 9.50 Å². The Morgan fingerprint density at radius 2 is 1.93 bits per heavy atom. The topological polar surface area (TPSA) is 29.5 Å². The first kappa shape index (κ1) is 18.9. The molecule has 2 aromatic rings. The second-order valence-electron chi connectivity index (χ2n) is 9.40. The molecule has 3 aliphatic carbocycles. The van der Waals surface area contributed by atoms with Crippen molar-refractivity contribution < 1.29 is 14.2 Å². The van der Waals surface area contributed by atoms with Crippen molar-refractivity contribution in [1.29, 1.82) is 0 Å². The summed E-state index contributed by atoms with van der Waals surface area (Å²) in [5.74, 6) is 2.42. The van der Waals surface area contributed by atoms with Crippen molar-refractivity contribution in [1.82, 2.24) is 0 Å². The van der Waals surface area contributed by atoms with E-state index in [1.807, 2.05) is 0 Å². The van der Waals surface area contributed by atoms with Crippen molar-refractivity contribution in [3.8, 4) is 5.75 Å². The fourth-order valence-electron chi connectivity index (χ4n) is 6.46. The number of methoxy groups -OCH3 is 1. The van der Waals surface area contributed by atoms with Crippen LogP contribution in [0.15, 0.2) is 48.0 Å². The lowest BCUT2D eigenvalue weighted by atomic mass is 9.55. The zero-order valence-electron chi connectivity index (χ0n) is 17.2. The van der Waals surface area contributed by atoms with Crippen LogP contribution >= 0.6 is 0 Å². The number of hydrogen-bond donors (Lipinski definition) is 1. The quantitative estimate of drug-likeness (QED) is 0.706. The summed E-state index contributed by atoms with van der Waals surface area (Å²) < 4.78 is 18.7. The van der Waals surface area contributed by atoms with Gasteiger partial charge in [0.1, 0.15) is 11.6 Å². The van der Waals surface area contributed by atoms with E-state index in [4.69, 9.17) is 4.74 Å². The highest BCUT2D eigenvalue weighted by molar-refractivity contribution is 5.55. The van der Waals surface area contributed by atoms with Crippen LogP contribution in [-0.2, 0) is 6.42 Å². The minimum absolute atomic E-state index is 0.0585. The Bertz CT molecular complexity index is 948. The molecule has 2 saturated carbocycles. The predicted octanol–water partition coefficient (Wildman–Crippen LogP) is 5.74. The number of halogens is 1. The molecule has 0 aromatic heterocycles. The molecule has 0 heterocycles. The molecule has 5 atom stereocenters. The SMILES string of the molecule is COc1ccc2c(c1)CCC1C2CCC2(C)C(O)/C(=C/c3ccc(F)cc3)CC12. The van der Waals surface area contributed by atoms with Crippen LogP contribution in [0.25, 0.3) is 6.08 Å². The number of aliphatic hydroxyl groups excluding tert-OH is 1. The van der Waals surface area contributed by atoms with E-state index in [0.717, 1.165) is 42.6 Å². The predicted molar refractivity (Wildman–Crippen MR) is 113 cm³/mol. The van der Waals surface area contributed by atoms with Crippen LogP contribution in [0.2, 0.25) is 0 Å². The molecule has 0 radical (unpaired) electrons. The molecular weight excluding hydrogens is 363 g/mol. The van der Waals surface area contributed by atoms with Crippen molar-refractivity contribution in [3.63, 3.8) is 0 Å². The first-order valence-electron chi connectivity index (χ1n) is 10.8. The van der Waals surface area contributed by atoms with Crippen molar-refractivity contribution in [2.75, 3.05) is 7.11 Å². The van der Waals surface area contributed by atoms with Crippen molar-refractivity contribution in [3.05, 3.63) is 70.5 Å². The highest BCUT2D eigenvalue weighted by atomic mass is 19.1. The second kappa shape index (κ2) is 6.98. The lowest BCUT2D eigenvalue weighted by Crippen LogP contribution is -2.44. The number of rotatable bonds is 2. The summed E-state index contributed by atoms with van der Waals surface area (Å²) in [7, 11) is 1.73. The summed E-state index contributed by atoms with van der Waals surface area (Å²) in [6, 6.07) is 13.2. The smallest absolute Gasteiger partial charge is 0.123 e. The van der Waals surface area contributed by atoms with Crippen LogP contribution in [-0.4, -0.2) is 18.3 Å². The maximum absolute atomic E-state index is 13.3. The summed E-state index contributed by atoms with van der Waals surface area (Å²) in [6.45, 7) is 2.29. The molecular formula is C26H29FO2. The fraction of sp³-hybridized carbons (Fsp3) is 0.462. The van der Waals surface area contributed by atoms with Crippen molar-refractivity contribution in [2.45, 2.75) is 51.0 Å². The maximum Gasteiger partial charge on any atom is 0.123 e. The Balaban J connectivity index is 1.46. The molecule has 2 fully saturated rings. The Morgan fingerprint density at radius 1 is 1.14 bits per heavy atom. The van der Waals surface area contributed by atoms with E-state index in [-0.39, 0.29) is 11.2 Å². The van der Waals surface area contributed by atoms with Gasteiger partial charge in [-0.15, -0.1) is 0 Å². The maximum atomic E-state index is 13.3. The van der Waals surface area contributed by atoms with Gasteiger partial charge in [-0.3, -0.25) is 0 Å². The molecule has 5 rings (SSSR count). The van der Waals surface area contributed by atoms with Crippen LogP contribution in [0.3, 0.4) is 0 Å².